The summed E-state index contributed by atoms with van der Waals surface area (Å²) >= 11 is 0. The Kier molecular flexibility index (Phi) is 4.65. The largest absolute Gasteiger partial charge is 0.325 e. The highest BCUT2D eigenvalue weighted by molar-refractivity contribution is 5.19. The molecule has 20 heavy (non-hydrogen) atoms. The Bertz CT molecular complexity index is 420. The Morgan fingerprint density at radius 1 is 1.15 bits per heavy atom. The first kappa shape index (κ1) is 14.0. The summed E-state index contributed by atoms with van der Waals surface area (Å²) in [5, 5.41) is 0. The van der Waals surface area contributed by atoms with Crippen LogP contribution in [0.25, 0.3) is 0 Å². The number of nitrogens with two attached hydrogens (primary N) is 1. The maximum atomic E-state index is 5.77. The van der Waals surface area contributed by atoms with Crippen molar-refractivity contribution in [2.24, 2.45) is 5.73 Å². The van der Waals surface area contributed by atoms with E-state index in [1.165, 1.54) is 57.4 Å². The Hall–Kier alpha value is -0.970. The lowest BCUT2D eigenvalue weighted by atomic mass is 10.1. The van der Waals surface area contributed by atoms with Crippen LogP contribution >= 0.6 is 0 Å². The Morgan fingerprint density at radius 3 is 2.60 bits per heavy atom. The standard InChI is InChI=1S/C16H26N4/c17-12-16-14(4-3-7-18-16)13-19-8-10-20(11-9-19)15-5-1-2-6-15/h3-4,7,15H,1-2,5-6,8-13,17H2. The van der Waals surface area contributed by atoms with Crippen molar-refractivity contribution in [2.75, 3.05) is 26.2 Å². The van der Waals surface area contributed by atoms with Gasteiger partial charge in [-0.3, -0.25) is 14.8 Å². The molecule has 1 aliphatic heterocycles. The van der Waals surface area contributed by atoms with Gasteiger partial charge >= 0.3 is 0 Å². The van der Waals surface area contributed by atoms with Crippen LogP contribution in [0.2, 0.25) is 0 Å². The molecule has 0 spiro atoms. The van der Waals surface area contributed by atoms with E-state index in [2.05, 4.69) is 20.9 Å². The predicted octanol–water partition coefficient (Wildman–Crippen LogP) is 1.60. The summed E-state index contributed by atoms with van der Waals surface area (Å²) in [5.74, 6) is 0. The topological polar surface area (TPSA) is 45.4 Å². The maximum absolute atomic E-state index is 5.77. The van der Waals surface area contributed by atoms with Crippen LogP contribution < -0.4 is 5.73 Å². The third-order valence-corrected chi connectivity index (χ3v) is 4.82. The van der Waals surface area contributed by atoms with Crippen molar-refractivity contribution in [2.45, 2.75) is 44.8 Å². The van der Waals surface area contributed by atoms with Crippen molar-refractivity contribution < 1.29 is 0 Å². The van der Waals surface area contributed by atoms with Gasteiger partial charge in [0.1, 0.15) is 0 Å². The lowest BCUT2D eigenvalue weighted by molar-refractivity contribution is 0.0935. The van der Waals surface area contributed by atoms with Crippen LogP contribution in [0.4, 0.5) is 0 Å². The molecule has 0 bridgehead atoms. The maximum Gasteiger partial charge on any atom is 0.0584 e. The molecule has 2 N–H and O–H groups in total. The zero-order chi connectivity index (χ0) is 13.8. The van der Waals surface area contributed by atoms with Gasteiger partial charge in [0.25, 0.3) is 0 Å². The van der Waals surface area contributed by atoms with Crippen molar-refractivity contribution >= 4 is 0 Å². The molecule has 1 saturated carbocycles. The van der Waals surface area contributed by atoms with E-state index in [9.17, 15) is 0 Å². The fourth-order valence-electron chi connectivity index (χ4n) is 3.60. The fourth-order valence-corrected chi connectivity index (χ4v) is 3.60. The zero-order valence-electron chi connectivity index (χ0n) is 12.3. The highest BCUT2D eigenvalue weighted by atomic mass is 15.3. The zero-order valence-corrected chi connectivity index (χ0v) is 12.3. The van der Waals surface area contributed by atoms with Crippen molar-refractivity contribution in [3.05, 3.63) is 29.6 Å². The van der Waals surface area contributed by atoms with E-state index in [1.54, 1.807) is 0 Å². The molecule has 2 fully saturated rings. The van der Waals surface area contributed by atoms with Gasteiger partial charge in [-0.25, -0.2) is 0 Å². The molecule has 0 atom stereocenters. The van der Waals surface area contributed by atoms with E-state index >= 15 is 0 Å². The van der Waals surface area contributed by atoms with Crippen molar-refractivity contribution in [3.63, 3.8) is 0 Å². The minimum absolute atomic E-state index is 0.540. The van der Waals surface area contributed by atoms with E-state index in [0.29, 0.717) is 6.54 Å². The quantitative estimate of drug-likeness (QED) is 0.906. The highest BCUT2D eigenvalue weighted by Gasteiger charge is 2.26. The molecule has 1 aliphatic carbocycles. The Morgan fingerprint density at radius 2 is 1.90 bits per heavy atom. The van der Waals surface area contributed by atoms with Crippen LogP contribution in [0.15, 0.2) is 18.3 Å². The molecule has 2 aliphatic rings. The highest BCUT2D eigenvalue weighted by Crippen LogP contribution is 2.24. The molecule has 1 aromatic heterocycles. The summed E-state index contributed by atoms with van der Waals surface area (Å²) in [6, 6.07) is 5.05. The number of pyridine rings is 1. The Labute approximate surface area is 122 Å². The van der Waals surface area contributed by atoms with E-state index in [-0.39, 0.29) is 0 Å². The van der Waals surface area contributed by atoms with Gasteiger partial charge in [-0.15, -0.1) is 0 Å². The molecule has 0 radical (unpaired) electrons. The van der Waals surface area contributed by atoms with Gasteiger partial charge in [-0.05, 0) is 24.5 Å². The van der Waals surface area contributed by atoms with Gasteiger partial charge in [0.05, 0.1) is 5.69 Å². The lowest BCUT2D eigenvalue weighted by Gasteiger charge is -2.38. The van der Waals surface area contributed by atoms with Crippen molar-refractivity contribution in [1.29, 1.82) is 0 Å². The van der Waals surface area contributed by atoms with Crippen molar-refractivity contribution in [3.8, 4) is 0 Å². The molecule has 1 aromatic rings. The molecule has 110 valence electrons. The van der Waals surface area contributed by atoms with Crippen LogP contribution in [0, 0.1) is 0 Å². The van der Waals surface area contributed by atoms with Gasteiger partial charge in [0.15, 0.2) is 0 Å². The first-order valence-corrected chi connectivity index (χ1v) is 7.96. The summed E-state index contributed by atoms with van der Waals surface area (Å²) in [4.78, 5) is 9.63. The normalized spacial score (nSPS) is 22.4. The summed E-state index contributed by atoms with van der Waals surface area (Å²) < 4.78 is 0. The van der Waals surface area contributed by atoms with Gasteiger partial charge in [0.2, 0.25) is 0 Å². The number of nitrogens with zero attached hydrogens (tertiary/aromatic N) is 3. The second-order valence-corrected chi connectivity index (χ2v) is 6.06. The first-order chi connectivity index (χ1) is 9.86. The van der Waals surface area contributed by atoms with Gasteiger partial charge < -0.3 is 5.73 Å². The predicted molar refractivity (Wildman–Crippen MR) is 81.2 cm³/mol. The van der Waals surface area contributed by atoms with E-state index in [1.807, 2.05) is 12.3 Å². The molecule has 4 heteroatoms. The smallest absolute Gasteiger partial charge is 0.0584 e. The molecule has 0 aromatic carbocycles. The van der Waals surface area contributed by atoms with Crippen LogP contribution in [0.5, 0.6) is 0 Å². The molecular formula is C16H26N4. The average Bonchev–Trinajstić information content (AvgIpc) is 3.03. The van der Waals surface area contributed by atoms with E-state index in [0.717, 1.165) is 18.3 Å². The molecule has 3 rings (SSSR count). The number of hydrogen-bond acceptors (Lipinski definition) is 4. The molecule has 0 unspecified atom stereocenters. The Balaban J connectivity index is 1.53. The average molecular weight is 274 g/mol. The second kappa shape index (κ2) is 6.66. The number of rotatable bonds is 4. The summed E-state index contributed by atoms with van der Waals surface area (Å²) in [5.41, 5.74) is 8.11. The lowest BCUT2D eigenvalue weighted by Crippen LogP contribution is -2.49. The SMILES string of the molecule is NCc1ncccc1CN1CCN(C2CCCC2)CC1. The van der Waals surface area contributed by atoms with Crippen LogP contribution in [-0.2, 0) is 13.1 Å². The molecular weight excluding hydrogens is 248 g/mol. The molecule has 2 heterocycles. The molecule has 4 nitrogen and oxygen atoms in total. The van der Waals surface area contributed by atoms with Crippen LogP contribution in [0.1, 0.15) is 36.9 Å². The van der Waals surface area contributed by atoms with Gasteiger partial charge in [-0.2, -0.15) is 0 Å². The monoisotopic (exact) mass is 274 g/mol. The van der Waals surface area contributed by atoms with Crippen LogP contribution in [-0.4, -0.2) is 47.0 Å². The number of piperazine rings is 1. The fraction of sp³-hybridized carbons (Fsp3) is 0.688. The van der Waals surface area contributed by atoms with E-state index in [4.69, 9.17) is 5.73 Å². The first-order valence-electron chi connectivity index (χ1n) is 7.96. The van der Waals surface area contributed by atoms with E-state index < -0.39 is 0 Å². The van der Waals surface area contributed by atoms with Gasteiger partial charge in [-0.1, -0.05) is 18.9 Å². The molecule has 1 saturated heterocycles. The third-order valence-electron chi connectivity index (χ3n) is 4.82. The minimum Gasteiger partial charge on any atom is -0.325 e. The summed E-state index contributed by atoms with van der Waals surface area (Å²) in [7, 11) is 0. The van der Waals surface area contributed by atoms with Gasteiger partial charge in [0, 0.05) is 51.5 Å². The summed E-state index contributed by atoms with van der Waals surface area (Å²) in [6.07, 6.45) is 7.53. The number of hydrogen-bond donors (Lipinski definition) is 1. The number of aromatic nitrogens is 1. The second-order valence-electron chi connectivity index (χ2n) is 6.06. The molecule has 0 amide bonds. The van der Waals surface area contributed by atoms with Crippen LogP contribution in [0.3, 0.4) is 0 Å². The minimum atomic E-state index is 0.540. The summed E-state index contributed by atoms with van der Waals surface area (Å²) in [6.45, 7) is 6.34. The van der Waals surface area contributed by atoms with Crippen molar-refractivity contribution in [1.82, 2.24) is 14.8 Å². The third kappa shape index (κ3) is 3.19.